The molecule has 0 atom stereocenters. The minimum absolute atomic E-state index is 0.166. The Morgan fingerprint density at radius 3 is 2.62 bits per heavy atom. The second kappa shape index (κ2) is 5.26. The number of aryl methyl sites for hydroxylation is 1. The summed E-state index contributed by atoms with van der Waals surface area (Å²) in [6.45, 7) is 1.94. The number of ether oxygens (including phenoxy) is 1. The van der Waals surface area contributed by atoms with Crippen molar-refractivity contribution in [3.63, 3.8) is 0 Å². The van der Waals surface area contributed by atoms with Gasteiger partial charge in [-0.15, -0.1) is 0 Å². The largest absolute Gasteiger partial charge is 0.490 e. The molecule has 0 amide bonds. The first-order valence-corrected chi connectivity index (χ1v) is 6.86. The van der Waals surface area contributed by atoms with E-state index in [2.05, 4.69) is 0 Å². The lowest BCUT2D eigenvalue weighted by atomic mass is 10.1. The molecule has 0 saturated carbocycles. The van der Waals surface area contributed by atoms with Gasteiger partial charge in [-0.2, -0.15) is 0 Å². The topological polar surface area (TPSA) is 39.4 Å². The predicted molar refractivity (Wildman–Crippen MR) is 84.2 cm³/mol. The summed E-state index contributed by atoms with van der Waals surface area (Å²) in [5.41, 5.74) is 1.97. The van der Waals surface area contributed by atoms with E-state index in [1.165, 1.54) is 7.11 Å². The first kappa shape index (κ1) is 13.7. The van der Waals surface area contributed by atoms with E-state index in [1.807, 2.05) is 31.2 Å². The lowest BCUT2D eigenvalue weighted by Crippen LogP contribution is -2.07. The van der Waals surface area contributed by atoms with Crippen LogP contribution in [-0.2, 0) is 0 Å². The highest BCUT2D eigenvalue weighted by Gasteiger charge is 2.18. The van der Waals surface area contributed by atoms with E-state index in [0.29, 0.717) is 27.3 Å². The summed E-state index contributed by atoms with van der Waals surface area (Å²) >= 11 is 6.20. The van der Waals surface area contributed by atoms with Crippen molar-refractivity contribution in [3.8, 4) is 17.1 Å². The zero-order chi connectivity index (χ0) is 15.0. The summed E-state index contributed by atoms with van der Waals surface area (Å²) in [5, 5.41) is 0.999. The van der Waals surface area contributed by atoms with Crippen molar-refractivity contribution < 1.29 is 9.15 Å². The Balaban J connectivity index is 2.42. The van der Waals surface area contributed by atoms with Crippen molar-refractivity contribution in [2.24, 2.45) is 0 Å². The van der Waals surface area contributed by atoms with Crippen LogP contribution in [0.15, 0.2) is 51.7 Å². The van der Waals surface area contributed by atoms with E-state index in [0.717, 1.165) is 5.56 Å². The standard InChI is InChI=1S/C17H13ClO3/c1-10-7-8-12-14(9-10)21-16(17(20-2)15(12)19)11-5-3-4-6-13(11)18/h3-9H,1-2H3. The fraction of sp³-hybridized carbons (Fsp3) is 0.118. The van der Waals surface area contributed by atoms with E-state index >= 15 is 0 Å². The number of halogens is 1. The summed E-state index contributed by atoms with van der Waals surface area (Å²) in [6.07, 6.45) is 0. The van der Waals surface area contributed by atoms with Crippen LogP contribution in [0.1, 0.15) is 5.56 Å². The van der Waals surface area contributed by atoms with Gasteiger partial charge in [0.15, 0.2) is 5.76 Å². The molecule has 2 aromatic carbocycles. The van der Waals surface area contributed by atoms with Gasteiger partial charge in [0.25, 0.3) is 0 Å². The second-order valence-electron chi connectivity index (χ2n) is 4.77. The molecule has 0 bridgehead atoms. The maximum atomic E-state index is 12.5. The van der Waals surface area contributed by atoms with E-state index in [9.17, 15) is 4.79 Å². The number of fused-ring (bicyclic) bond motifs is 1. The van der Waals surface area contributed by atoms with Crippen molar-refractivity contribution in [2.45, 2.75) is 6.92 Å². The highest BCUT2D eigenvalue weighted by atomic mass is 35.5. The van der Waals surface area contributed by atoms with E-state index in [1.54, 1.807) is 18.2 Å². The van der Waals surface area contributed by atoms with E-state index < -0.39 is 0 Å². The Morgan fingerprint density at radius 1 is 1.14 bits per heavy atom. The van der Waals surface area contributed by atoms with Gasteiger partial charge < -0.3 is 9.15 Å². The van der Waals surface area contributed by atoms with Crippen molar-refractivity contribution >= 4 is 22.6 Å². The molecule has 0 unspecified atom stereocenters. The molecule has 4 heteroatoms. The van der Waals surface area contributed by atoms with Crippen molar-refractivity contribution in [3.05, 3.63) is 63.3 Å². The molecule has 1 aromatic heterocycles. The van der Waals surface area contributed by atoms with Crippen molar-refractivity contribution in [2.75, 3.05) is 7.11 Å². The molecule has 3 rings (SSSR count). The lowest BCUT2D eigenvalue weighted by molar-refractivity contribution is 0.398. The number of hydrogen-bond acceptors (Lipinski definition) is 3. The Labute approximate surface area is 126 Å². The minimum Gasteiger partial charge on any atom is -0.490 e. The average molecular weight is 301 g/mol. The van der Waals surface area contributed by atoms with Gasteiger partial charge in [0, 0.05) is 5.56 Å². The smallest absolute Gasteiger partial charge is 0.235 e. The van der Waals surface area contributed by atoms with Crippen LogP contribution in [0.4, 0.5) is 0 Å². The fourth-order valence-corrected chi connectivity index (χ4v) is 2.51. The van der Waals surface area contributed by atoms with Gasteiger partial charge in [-0.1, -0.05) is 29.8 Å². The van der Waals surface area contributed by atoms with Gasteiger partial charge in [-0.3, -0.25) is 4.79 Å². The molecule has 1 heterocycles. The van der Waals surface area contributed by atoms with Gasteiger partial charge in [-0.25, -0.2) is 0 Å². The molecular formula is C17H13ClO3. The highest BCUT2D eigenvalue weighted by Crippen LogP contribution is 2.35. The average Bonchev–Trinajstić information content (AvgIpc) is 2.47. The van der Waals surface area contributed by atoms with Gasteiger partial charge in [0.2, 0.25) is 11.2 Å². The molecule has 0 N–H and O–H groups in total. The summed E-state index contributed by atoms with van der Waals surface area (Å²) < 4.78 is 11.2. The van der Waals surface area contributed by atoms with Gasteiger partial charge in [-0.05, 0) is 36.8 Å². The van der Waals surface area contributed by atoms with Crippen LogP contribution < -0.4 is 10.2 Å². The molecule has 0 aliphatic rings. The molecule has 21 heavy (non-hydrogen) atoms. The number of rotatable bonds is 2. The van der Waals surface area contributed by atoms with Crippen molar-refractivity contribution in [1.82, 2.24) is 0 Å². The molecule has 3 nitrogen and oxygen atoms in total. The molecule has 106 valence electrons. The first-order chi connectivity index (χ1) is 10.1. The summed E-state index contributed by atoms with van der Waals surface area (Å²) in [4.78, 5) is 12.5. The van der Waals surface area contributed by atoms with Crippen LogP contribution in [0.2, 0.25) is 5.02 Å². The van der Waals surface area contributed by atoms with E-state index in [-0.39, 0.29) is 11.2 Å². The third kappa shape index (κ3) is 2.30. The normalized spacial score (nSPS) is 10.8. The van der Waals surface area contributed by atoms with Gasteiger partial charge >= 0.3 is 0 Å². The summed E-state index contributed by atoms with van der Waals surface area (Å²) in [7, 11) is 1.45. The monoisotopic (exact) mass is 300 g/mol. The molecule has 0 saturated heterocycles. The molecular weight excluding hydrogens is 288 g/mol. The molecule has 0 radical (unpaired) electrons. The molecule has 0 aliphatic carbocycles. The molecule has 3 aromatic rings. The van der Waals surface area contributed by atoms with Gasteiger partial charge in [0.05, 0.1) is 17.5 Å². The van der Waals surface area contributed by atoms with Crippen LogP contribution in [0.5, 0.6) is 5.75 Å². The Bertz CT molecular complexity index is 881. The van der Waals surface area contributed by atoms with Crippen LogP contribution in [0, 0.1) is 6.92 Å². The second-order valence-corrected chi connectivity index (χ2v) is 5.18. The SMILES string of the molecule is COc1c(-c2ccccc2Cl)oc2cc(C)ccc2c1=O. The Kier molecular flexibility index (Phi) is 3.43. The van der Waals surface area contributed by atoms with Crippen LogP contribution in [0.25, 0.3) is 22.3 Å². The quantitative estimate of drug-likeness (QED) is 0.703. The minimum atomic E-state index is -0.200. The fourth-order valence-electron chi connectivity index (χ4n) is 2.29. The zero-order valence-electron chi connectivity index (χ0n) is 11.6. The predicted octanol–water partition coefficient (Wildman–Crippen LogP) is 4.43. The third-order valence-electron chi connectivity index (χ3n) is 3.33. The van der Waals surface area contributed by atoms with Crippen molar-refractivity contribution in [1.29, 1.82) is 0 Å². The molecule has 0 spiro atoms. The Morgan fingerprint density at radius 2 is 1.90 bits per heavy atom. The van der Waals surface area contributed by atoms with Crippen LogP contribution in [-0.4, -0.2) is 7.11 Å². The summed E-state index contributed by atoms with van der Waals surface area (Å²) in [6, 6.07) is 12.6. The zero-order valence-corrected chi connectivity index (χ0v) is 12.4. The maximum Gasteiger partial charge on any atom is 0.235 e. The highest BCUT2D eigenvalue weighted by molar-refractivity contribution is 6.33. The number of methoxy groups -OCH3 is 1. The van der Waals surface area contributed by atoms with Crippen LogP contribution >= 0.6 is 11.6 Å². The summed E-state index contributed by atoms with van der Waals surface area (Å²) in [5.74, 6) is 0.519. The van der Waals surface area contributed by atoms with Gasteiger partial charge in [0.1, 0.15) is 5.58 Å². The van der Waals surface area contributed by atoms with Crippen LogP contribution in [0.3, 0.4) is 0 Å². The molecule has 0 aliphatic heterocycles. The lowest BCUT2D eigenvalue weighted by Gasteiger charge is -2.10. The van der Waals surface area contributed by atoms with E-state index in [4.69, 9.17) is 20.8 Å². The Hall–Kier alpha value is -2.26. The number of benzene rings is 2. The molecule has 0 fully saturated rings. The maximum absolute atomic E-state index is 12.5. The first-order valence-electron chi connectivity index (χ1n) is 6.48. The third-order valence-corrected chi connectivity index (χ3v) is 3.66. The number of hydrogen-bond donors (Lipinski definition) is 0.